The molecule has 0 heterocycles. The first-order chi connectivity index (χ1) is 18.7. The van der Waals surface area contributed by atoms with E-state index >= 15 is 0 Å². The van der Waals surface area contributed by atoms with E-state index in [0.29, 0.717) is 0 Å². The molecule has 0 spiro atoms. The molecule has 38 heavy (non-hydrogen) atoms. The normalized spacial score (nSPS) is 10.1. The number of hydrogen-bond donors (Lipinski definition) is 0. The van der Waals surface area contributed by atoms with Gasteiger partial charge in [0.15, 0.2) is 0 Å². The fraction of sp³-hybridized carbons (Fsp3) is 1.00. The Kier molecular flexibility index (Phi) is 67.6. The van der Waals surface area contributed by atoms with Gasteiger partial charge in [0, 0.05) is 0 Å². The van der Waals surface area contributed by atoms with Crippen LogP contribution >= 0.6 is 0 Å². The van der Waals surface area contributed by atoms with Gasteiger partial charge < -0.3 is 37.9 Å². The van der Waals surface area contributed by atoms with E-state index in [4.69, 9.17) is 37.9 Å². The van der Waals surface area contributed by atoms with Gasteiger partial charge in [-0.15, -0.1) is 0 Å². The SMILES string of the molecule is CCCCCCCCCC[S-].CCCCCCCCCC[S-].CCCCCCCCCC[S-].CCC[CH2][Sn+3]. The first kappa shape index (κ1) is 46.8. The fourth-order valence-electron chi connectivity index (χ4n) is 3.88. The van der Waals surface area contributed by atoms with Crippen molar-refractivity contribution in [2.45, 2.75) is 199 Å². The second kappa shape index (κ2) is 54.9. The van der Waals surface area contributed by atoms with Crippen LogP contribution in [0.4, 0.5) is 0 Å². The third kappa shape index (κ3) is 66.3. The topological polar surface area (TPSA) is 0 Å². The third-order valence-corrected chi connectivity index (χ3v) is 8.40. The third-order valence-electron chi connectivity index (χ3n) is 6.52. The number of rotatable bonds is 26. The summed E-state index contributed by atoms with van der Waals surface area (Å²) in [6.07, 6.45) is 36.0. The molecule has 0 atom stereocenters. The van der Waals surface area contributed by atoms with Gasteiger partial charge in [-0.25, -0.2) is 0 Å². The van der Waals surface area contributed by atoms with Gasteiger partial charge in [-0.3, -0.25) is 0 Å². The minimum atomic E-state index is 0.953. The van der Waals surface area contributed by atoms with Gasteiger partial charge >= 0.3 is 46.7 Å². The zero-order valence-corrected chi connectivity index (χ0v) is 32.2. The standard InChI is InChI=1S/3C10H22S.C4H9.Sn/c3*1-2-3-4-5-6-7-8-9-10-11;1-3-4-2;/h3*11H,2-10H2,1H3;1,3-4H2,2H3;/q;;;;+3/p-3. The Morgan fingerprint density at radius 3 is 0.605 bits per heavy atom. The Hall–Kier alpha value is 1.85. The Morgan fingerprint density at radius 1 is 0.289 bits per heavy atom. The Balaban J connectivity index is -0.000000209. The van der Waals surface area contributed by atoms with Gasteiger partial charge in [-0.1, -0.05) is 175 Å². The fourth-order valence-corrected chi connectivity index (χ4v) is 5.51. The predicted molar refractivity (Wildman–Crippen MR) is 190 cm³/mol. The summed E-state index contributed by atoms with van der Waals surface area (Å²) >= 11 is 16.3. The van der Waals surface area contributed by atoms with Gasteiger partial charge in [-0.05, 0) is 0 Å². The number of hydrogen-bond acceptors (Lipinski definition) is 3. The molecule has 0 aromatic carbocycles. The van der Waals surface area contributed by atoms with E-state index in [-0.39, 0.29) is 0 Å². The summed E-state index contributed by atoms with van der Waals surface area (Å²) in [6, 6.07) is 0. The maximum atomic E-state index is 4.87. The molecule has 0 unspecified atom stereocenters. The van der Waals surface area contributed by atoms with Crippen molar-refractivity contribution in [1.82, 2.24) is 0 Å². The first-order valence-corrected chi connectivity index (χ1v) is 20.8. The van der Waals surface area contributed by atoms with Crippen molar-refractivity contribution < 1.29 is 0 Å². The summed E-state index contributed by atoms with van der Waals surface area (Å²) in [5.41, 5.74) is 0. The van der Waals surface area contributed by atoms with Crippen molar-refractivity contribution in [2.75, 3.05) is 17.3 Å². The Bertz CT molecular complexity index is 247. The molecule has 0 fully saturated rings. The maximum absolute atomic E-state index is 4.87. The van der Waals surface area contributed by atoms with Crippen molar-refractivity contribution in [3.63, 3.8) is 0 Å². The molecule has 0 aliphatic rings. The zero-order chi connectivity index (χ0) is 29.2. The predicted octanol–water partition coefficient (Wildman–Crippen LogP) is 12.4. The van der Waals surface area contributed by atoms with E-state index < -0.39 is 0 Å². The summed E-state index contributed by atoms with van der Waals surface area (Å²) in [7, 11) is 0. The second-order valence-corrected chi connectivity index (χ2v) is 13.3. The van der Waals surface area contributed by atoms with E-state index in [1.54, 1.807) is 22.5 Å². The summed E-state index contributed by atoms with van der Waals surface area (Å²) in [4.78, 5) is 0. The second-order valence-electron chi connectivity index (χ2n) is 10.6. The summed E-state index contributed by atoms with van der Waals surface area (Å²) in [5.74, 6) is 2.86. The molecule has 230 valence electrons. The molecule has 0 bridgehead atoms. The minimum absolute atomic E-state index is 0.953. The molecule has 0 radical (unpaired) electrons. The molecule has 0 rings (SSSR count). The molecule has 0 aromatic rings. The van der Waals surface area contributed by atoms with Crippen LogP contribution in [0.15, 0.2) is 0 Å². The summed E-state index contributed by atoms with van der Waals surface area (Å²) in [5, 5.41) is 0. The van der Waals surface area contributed by atoms with Crippen LogP contribution in [0, 0.1) is 0 Å². The molecular weight excluding hydrogens is 623 g/mol. The molecule has 0 saturated heterocycles. The van der Waals surface area contributed by atoms with Crippen molar-refractivity contribution in [1.29, 1.82) is 0 Å². The molecule has 0 aromatic heterocycles. The van der Waals surface area contributed by atoms with Crippen LogP contribution in [0.25, 0.3) is 0 Å². The Morgan fingerprint density at radius 2 is 0.474 bits per heavy atom. The molecule has 4 heteroatoms. The monoisotopic (exact) mass is 696 g/mol. The van der Waals surface area contributed by atoms with E-state index in [1.165, 1.54) is 171 Å². The van der Waals surface area contributed by atoms with Gasteiger partial charge in [0.05, 0.1) is 0 Å². The zero-order valence-electron chi connectivity index (χ0n) is 26.9. The molecule has 0 aliphatic heterocycles. The average molecular weight is 696 g/mol. The van der Waals surface area contributed by atoms with Crippen LogP contribution < -0.4 is 0 Å². The molecule has 0 N–H and O–H groups in total. The van der Waals surface area contributed by atoms with Gasteiger partial charge in [0.2, 0.25) is 0 Å². The van der Waals surface area contributed by atoms with Gasteiger partial charge in [0.25, 0.3) is 0 Å². The van der Waals surface area contributed by atoms with Gasteiger partial charge in [-0.2, -0.15) is 17.3 Å². The van der Waals surface area contributed by atoms with Crippen LogP contribution in [0.3, 0.4) is 0 Å². The summed E-state index contributed by atoms with van der Waals surface area (Å²) < 4.78 is 1.43. The van der Waals surface area contributed by atoms with E-state index in [2.05, 4.69) is 27.7 Å². The van der Waals surface area contributed by atoms with E-state index in [1.807, 2.05) is 0 Å². The molecular formula is C34H72S3Sn. The van der Waals surface area contributed by atoms with Crippen molar-refractivity contribution >= 4 is 60.4 Å². The Labute approximate surface area is 274 Å². The average Bonchev–Trinajstić information content (AvgIpc) is 2.93. The van der Waals surface area contributed by atoms with Crippen molar-refractivity contribution in [3.05, 3.63) is 0 Å². The van der Waals surface area contributed by atoms with Crippen LogP contribution in [0.5, 0.6) is 0 Å². The first-order valence-electron chi connectivity index (χ1n) is 17.0. The summed E-state index contributed by atoms with van der Waals surface area (Å²) in [6.45, 7) is 9.01. The molecule has 0 nitrogen and oxygen atoms in total. The van der Waals surface area contributed by atoms with E-state index in [9.17, 15) is 0 Å². The van der Waals surface area contributed by atoms with Crippen molar-refractivity contribution in [3.8, 4) is 0 Å². The van der Waals surface area contributed by atoms with E-state index in [0.717, 1.165) is 17.3 Å². The molecule has 0 saturated carbocycles. The molecule has 0 aliphatic carbocycles. The van der Waals surface area contributed by atoms with Crippen LogP contribution in [0.1, 0.15) is 195 Å². The van der Waals surface area contributed by atoms with Crippen LogP contribution in [0.2, 0.25) is 4.44 Å². The van der Waals surface area contributed by atoms with Crippen LogP contribution in [-0.4, -0.2) is 39.8 Å². The van der Waals surface area contributed by atoms with Crippen molar-refractivity contribution in [2.24, 2.45) is 0 Å². The molecule has 0 amide bonds. The number of unbranched alkanes of at least 4 members (excludes halogenated alkanes) is 22. The van der Waals surface area contributed by atoms with Crippen LogP contribution in [-0.2, 0) is 37.9 Å². The van der Waals surface area contributed by atoms with Gasteiger partial charge in [0.1, 0.15) is 0 Å². The quantitative estimate of drug-likeness (QED) is 0.0502.